The summed E-state index contributed by atoms with van der Waals surface area (Å²) in [6.45, 7) is 19.0. The summed E-state index contributed by atoms with van der Waals surface area (Å²) in [5.41, 5.74) is -0.792. The van der Waals surface area contributed by atoms with Crippen LogP contribution in [-0.2, 0) is 28.6 Å². The molecule has 0 spiro atoms. The van der Waals surface area contributed by atoms with Gasteiger partial charge in [-0.15, -0.1) is 0 Å². The van der Waals surface area contributed by atoms with Crippen molar-refractivity contribution in [2.45, 2.75) is 111 Å². The molecule has 274 valence electrons. The van der Waals surface area contributed by atoms with Crippen molar-refractivity contribution in [1.29, 1.82) is 0 Å². The van der Waals surface area contributed by atoms with Crippen molar-refractivity contribution in [1.82, 2.24) is 10.2 Å². The maximum atomic E-state index is 14.6. The van der Waals surface area contributed by atoms with Gasteiger partial charge in [0.25, 0.3) is 5.91 Å². The summed E-state index contributed by atoms with van der Waals surface area (Å²) >= 11 is 0. The molecule has 1 aromatic rings. The number of ether oxygens (including phenoxy) is 4. The number of methoxy groups -OCH3 is 1. The van der Waals surface area contributed by atoms with E-state index in [9.17, 15) is 19.2 Å². The average molecular weight is 687 g/mol. The molecule has 1 aliphatic carbocycles. The fourth-order valence-electron chi connectivity index (χ4n) is 6.32. The van der Waals surface area contributed by atoms with Crippen LogP contribution in [0.15, 0.2) is 18.2 Å². The SMILES string of the molecule is CCOC[C@@H](NC(=O)[C@H]1C[C@@H](C(=O)N(c2ccc3c(c2)N(CCCOC)C(=O)C(C)(C)O3)C2CC2)CN(C(=O)OC(C)(C)C)C1)C(C)(C)C. The third kappa shape index (κ3) is 9.66. The van der Waals surface area contributed by atoms with Crippen LogP contribution in [0.4, 0.5) is 16.2 Å². The van der Waals surface area contributed by atoms with E-state index < -0.39 is 29.1 Å². The predicted molar refractivity (Wildman–Crippen MR) is 188 cm³/mol. The fraction of sp³-hybridized carbons (Fsp3) is 0.730. The molecule has 1 N–H and O–H groups in total. The first-order chi connectivity index (χ1) is 22.9. The molecule has 12 heteroatoms. The van der Waals surface area contributed by atoms with E-state index in [1.165, 1.54) is 4.90 Å². The summed E-state index contributed by atoms with van der Waals surface area (Å²) in [5, 5.41) is 3.17. The molecule has 4 amide bonds. The number of carbonyl (C=O) groups is 4. The molecule has 3 aliphatic rings. The van der Waals surface area contributed by atoms with Gasteiger partial charge in [-0.3, -0.25) is 14.4 Å². The Kier molecular flexibility index (Phi) is 12.0. The summed E-state index contributed by atoms with van der Waals surface area (Å²) < 4.78 is 22.8. The number of hydrogen-bond donors (Lipinski definition) is 1. The Labute approximate surface area is 292 Å². The second kappa shape index (κ2) is 15.2. The Balaban J connectivity index is 1.65. The normalized spacial score (nSPS) is 21.4. The highest BCUT2D eigenvalue weighted by atomic mass is 16.6. The molecule has 1 saturated carbocycles. The number of hydrogen-bond acceptors (Lipinski definition) is 8. The maximum absolute atomic E-state index is 14.6. The zero-order valence-corrected chi connectivity index (χ0v) is 31.2. The van der Waals surface area contributed by atoms with Gasteiger partial charge >= 0.3 is 6.09 Å². The third-order valence-corrected chi connectivity index (χ3v) is 9.19. The third-order valence-electron chi connectivity index (χ3n) is 9.19. The van der Waals surface area contributed by atoms with Gasteiger partial charge in [0.2, 0.25) is 11.8 Å². The lowest BCUT2D eigenvalue weighted by molar-refractivity contribution is -0.133. The van der Waals surface area contributed by atoms with Gasteiger partial charge < -0.3 is 39.0 Å². The fourth-order valence-corrected chi connectivity index (χ4v) is 6.32. The van der Waals surface area contributed by atoms with Gasteiger partial charge in [-0.1, -0.05) is 20.8 Å². The number of nitrogens with zero attached hydrogens (tertiary/aromatic N) is 3. The van der Waals surface area contributed by atoms with Gasteiger partial charge in [-0.05, 0) is 90.8 Å². The van der Waals surface area contributed by atoms with Crippen molar-refractivity contribution in [3.8, 4) is 5.75 Å². The number of nitrogens with one attached hydrogen (secondary N) is 1. The van der Waals surface area contributed by atoms with Crippen molar-refractivity contribution >= 4 is 35.2 Å². The first kappa shape index (κ1) is 38.4. The van der Waals surface area contributed by atoms with E-state index in [0.717, 1.165) is 12.8 Å². The van der Waals surface area contributed by atoms with Crippen LogP contribution in [0.2, 0.25) is 0 Å². The van der Waals surface area contributed by atoms with E-state index in [4.69, 9.17) is 18.9 Å². The molecule has 1 saturated heterocycles. The first-order valence-corrected chi connectivity index (χ1v) is 17.7. The molecule has 0 aromatic heterocycles. The minimum Gasteiger partial charge on any atom is -0.476 e. The Bertz CT molecular complexity index is 1360. The average Bonchev–Trinajstić information content (AvgIpc) is 3.85. The number of carbonyl (C=O) groups excluding carboxylic acids is 4. The predicted octanol–water partition coefficient (Wildman–Crippen LogP) is 5.16. The van der Waals surface area contributed by atoms with E-state index in [0.29, 0.717) is 49.9 Å². The van der Waals surface area contributed by atoms with E-state index in [1.54, 1.807) is 51.5 Å². The lowest BCUT2D eigenvalue weighted by Crippen LogP contribution is -2.56. The minimum atomic E-state index is -1.04. The van der Waals surface area contributed by atoms with Crippen molar-refractivity contribution in [2.24, 2.45) is 17.3 Å². The second-order valence-corrected chi connectivity index (χ2v) is 16.1. The summed E-state index contributed by atoms with van der Waals surface area (Å²) in [4.78, 5) is 60.4. The molecular formula is C37H58N4O8. The number of fused-ring (bicyclic) bond motifs is 1. The van der Waals surface area contributed by atoms with Crippen molar-refractivity contribution in [3.05, 3.63) is 18.2 Å². The van der Waals surface area contributed by atoms with Crippen LogP contribution in [0.1, 0.15) is 88.0 Å². The molecule has 49 heavy (non-hydrogen) atoms. The van der Waals surface area contributed by atoms with E-state index >= 15 is 0 Å². The number of amides is 4. The molecule has 12 nitrogen and oxygen atoms in total. The summed E-state index contributed by atoms with van der Waals surface area (Å²) in [5.74, 6) is -1.25. The number of piperidine rings is 1. The van der Waals surface area contributed by atoms with E-state index in [2.05, 4.69) is 5.32 Å². The van der Waals surface area contributed by atoms with E-state index in [1.807, 2.05) is 45.9 Å². The highest BCUT2D eigenvalue weighted by Gasteiger charge is 2.45. The van der Waals surface area contributed by atoms with Gasteiger partial charge in [0.1, 0.15) is 11.4 Å². The van der Waals surface area contributed by atoms with Gasteiger partial charge in [-0.2, -0.15) is 0 Å². The first-order valence-electron chi connectivity index (χ1n) is 17.7. The summed E-state index contributed by atoms with van der Waals surface area (Å²) in [6, 6.07) is 5.25. The lowest BCUT2D eigenvalue weighted by Gasteiger charge is -2.41. The molecule has 0 bridgehead atoms. The molecule has 3 atom stereocenters. The monoisotopic (exact) mass is 686 g/mol. The quantitative estimate of drug-likeness (QED) is 0.299. The van der Waals surface area contributed by atoms with Crippen molar-refractivity contribution in [2.75, 3.05) is 56.4 Å². The largest absolute Gasteiger partial charge is 0.476 e. The molecule has 0 unspecified atom stereocenters. The van der Waals surface area contributed by atoms with Crippen LogP contribution in [0.3, 0.4) is 0 Å². The zero-order chi connectivity index (χ0) is 36.3. The van der Waals surface area contributed by atoms with Gasteiger partial charge in [0.05, 0.1) is 30.2 Å². The maximum Gasteiger partial charge on any atom is 0.410 e. The number of anilines is 2. The summed E-state index contributed by atoms with van der Waals surface area (Å²) in [7, 11) is 1.63. The molecule has 2 fully saturated rings. The molecule has 0 radical (unpaired) electrons. The zero-order valence-electron chi connectivity index (χ0n) is 31.2. The highest BCUT2D eigenvalue weighted by Crippen LogP contribution is 2.43. The Hall–Kier alpha value is -3.38. The van der Waals surface area contributed by atoms with Crippen molar-refractivity contribution < 1.29 is 38.1 Å². The minimum absolute atomic E-state index is 0.0233. The van der Waals surface area contributed by atoms with Crippen LogP contribution in [0, 0.1) is 17.3 Å². The van der Waals surface area contributed by atoms with Crippen LogP contribution in [0.25, 0.3) is 0 Å². The van der Waals surface area contributed by atoms with Gasteiger partial charge in [-0.25, -0.2) is 4.79 Å². The van der Waals surface area contributed by atoms with Crippen molar-refractivity contribution in [3.63, 3.8) is 0 Å². The van der Waals surface area contributed by atoms with Crippen LogP contribution in [0.5, 0.6) is 5.75 Å². The van der Waals surface area contributed by atoms with Crippen LogP contribution in [-0.4, -0.2) is 98.6 Å². The Morgan fingerprint density at radius 2 is 1.76 bits per heavy atom. The number of rotatable bonds is 12. The molecule has 2 aliphatic heterocycles. The van der Waals surface area contributed by atoms with Gasteiger partial charge in [0.15, 0.2) is 5.60 Å². The topological polar surface area (TPSA) is 127 Å². The Morgan fingerprint density at radius 1 is 1.08 bits per heavy atom. The standard InChI is InChI=1S/C37H58N4O8/c1-11-47-23-30(35(2,3)4)38-31(42)24-19-25(22-39(21-24)34(45)49-36(5,6)7)32(43)41(26-13-14-26)27-15-16-29-28(20-27)40(17-12-18-46-10)33(44)37(8,9)48-29/h15-16,20,24-26,30H,11-14,17-19,21-23H2,1-10H3,(H,38,42)/t24-,25+,30+/m0/s1. The molecule has 4 rings (SSSR count). The summed E-state index contributed by atoms with van der Waals surface area (Å²) in [6.07, 6.45) is 2.03. The van der Waals surface area contributed by atoms with E-state index in [-0.39, 0.29) is 54.7 Å². The molecule has 2 heterocycles. The Morgan fingerprint density at radius 3 is 2.35 bits per heavy atom. The van der Waals surface area contributed by atoms with Crippen LogP contribution >= 0.6 is 0 Å². The number of benzene rings is 1. The second-order valence-electron chi connectivity index (χ2n) is 16.1. The number of likely N-dealkylation sites (tertiary alicyclic amines) is 1. The van der Waals surface area contributed by atoms with Crippen LogP contribution < -0.4 is 19.9 Å². The lowest BCUT2D eigenvalue weighted by atomic mass is 9.84. The molecule has 1 aromatic carbocycles. The smallest absolute Gasteiger partial charge is 0.410 e. The molecular weight excluding hydrogens is 628 g/mol. The van der Waals surface area contributed by atoms with Gasteiger partial charge in [0, 0.05) is 51.7 Å². The highest BCUT2D eigenvalue weighted by molar-refractivity contribution is 6.04.